The van der Waals surface area contributed by atoms with Gasteiger partial charge in [0.25, 0.3) is 11.7 Å². The van der Waals surface area contributed by atoms with Crippen molar-refractivity contribution in [3.05, 3.63) is 11.7 Å². The van der Waals surface area contributed by atoms with E-state index in [0.717, 1.165) is 38.9 Å². The van der Waals surface area contributed by atoms with Crippen LogP contribution in [0.25, 0.3) is 0 Å². The van der Waals surface area contributed by atoms with E-state index in [0.29, 0.717) is 25.4 Å². The molecule has 0 saturated carbocycles. The number of carbonyl (C=O) groups excluding carboxylic acids is 2. The number of aromatic nitrogens is 2. The van der Waals surface area contributed by atoms with Crippen LogP contribution in [-0.2, 0) is 11.3 Å². The van der Waals surface area contributed by atoms with Gasteiger partial charge >= 0.3 is 0 Å². The van der Waals surface area contributed by atoms with E-state index in [4.69, 9.17) is 9.63 Å². The van der Waals surface area contributed by atoms with E-state index >= 15 is 0 Å². The molecule has 2 N–H and O–H groups in total. The first-order valence-corrected chi connectivity index (χ1v) is 8.71. The molecule has 0 bridgehead atoms. The molecule has 0 atom stereocenters. The molecular weight excluding hydrogens is 326 g/mol. The van der Waals surface area contributed by atoms with Crippen molar-refractivity contribution in [2.75, 3.05) is 39.8 Å². The molecule has 3 heterocycles. The number of carbonyl (C=O) groups is 2. The minimum atomic E-state index is -0.358. The van der Waals surface area contributed by atoms with E-state index in [1.807, 2.05) is 0 Å². The van der Waals surface area contributed by atoms with Gasteiger partial charge in [0.15, 0.2) is 0 Å². The quantitative estimate of drug-likeness (QED) is 0.744. The van der Waals surface area contributed by atoms with Gasteiger partial charge in [0.1, 0.15) is 0 Å². The summed E-state index contributed by atoms with van der Waals surface area (Å²) in [5.41, 5.74) is 0.154. The van der Waals surface area contributed by atoms with Gasteiger partial charge in [0, 0.05) is 26.6 Å². The van der Waals surface area contributed by atoms with E-state index < -0.39 is 0 Å². The predicted octanol–water partition coefficient (Wildman–Crippen LogP) is -0.374. The molecule has 2 aliphatic heterocycles. The van der Waals surface area contributed by atoms with Crippen molar-refractivity contribution in [3.8, 4) is 0 Å². The van der Waals surface area contributed by atoms with Crippen molar-refractivity contribution >= 4 is 11.8 Å². The highest BCUT2D eigenvalue weighted by atomic mass is 16.5. The van der Waals surface area contributed by atoms with Crippen LogP contribution in [-0.4, -0.2) is 76.7 Å². The molecule has 1 aromatic heterocycles. The van der Waals surface area contributed by atoms with Crippen molar-refractivity contribution in [3.63, 3.8) is 0 Å². The fourth-order valence-corrected chi connectivity index (χ4v) is 3.73. The number of nitrogens with zero attached hydrogens (tertiary/aromatic N) is 4. The van der Waals surface area contributed by atoms with Gasteiger partial charge in [-0.25, -0.2) is 0 Å². The Balaban J connectivity index is 1.54. The molecule has 2 saturated heterocycles. The molecule has 1 aromatic rings. The molecular formula is C16H25N5O4. The van der Waals surface area contributed by atoms with Crippen LogP contribution in [0.15, 0.2) is 4.52 Å². The zero-order valence-electron chi connectivity index (χ0n) is 14.5. The van der Waals surface area contributed by atoms with Crippen LogP contribution in [0.1, 0.15) is 42.2 Å². The van der Waals surface area contributed by atoms with Crippen LogP contribution < -0.4 is 5.32 Å². The lowest BCUT2D eigenvalue weighted by Gasteiger charge is -2.47. The molecule has 0 aliphatic carbocycles. The normalized spacial score (nSPS) is 20.9. The SMILES string of the molecule is CNC(=O)c1noc(CN2CCC3(CCC(=O)N(CCO)C3)CC2)n1. The van der Waals surface area contributed by atoms with E-state index in [9.17, 15) is 9.59 Å². The summed E-state index contributed by atoms with van der Waals surface area (Å²) in [6.45, 7) is 3.48. The molecule has 2 fully saturated rings. The minimum absolute atomic E-state index is 0.0127. The summed E-state index contributed by atoms with van der Waals surface area (Å²) in [5.74, 6) is 0.282. The highest BCUT2D eigenvalue weighted by Gasteiger charge is 2.40. The summed E-state index contributed by atoms with van der Waals surface area (Å²) in [5, 5.41) is 15.3. The van der Waals surface area contributed by atoms with Gasteiger partial charge in [-0.2, -0.15) is 4.98 Å². The maximum absolute atomic E-state index is 11.9. The zero-order chi connectivity index (χ0) is 17.9. The monoisotopic (exact) mass is 351 g/mol. The van der Waals surface area contributed by atoms with Gasteiger partial charge in [-0.05, 0) is 37.8 Å². The third kappa shape index (κ3) is 3.98. The van der Waals surface area contributed by atoms with Crippen molar-refractivity contribution < 1.29 is 19.2 Å². The van der Waals surface area contributed by atoms with Gasteiger partial charge in [-0.3, -0.25) is 14.5 Å². The van der Waals surface area contributed by atoms with E-state index in [1.165, 1.54) is 7.05 Å². The average molecular weight is 351 g/mol. The lowest BCUT2D eigenvalue weighted by molar-refractivity contribution is -0.139. The molecule has 25 heavy (non-hydrogen) atoms. The second-order valence-electron chi connectivity index (χ2n) is 6.91. The van der Waals surface area contributed by atoms with Crippen LogP contribution in [0.2, 0.25) is 0 Å². The van der Waals surface area contributed by atoms with Gasteiger partial charge < -0.3 is 19.8 Å². The number of β-amino-alcohol motifs (C(OH)–C–C–N with tert-alkyl or cyclic N) is 1. The molecule has 1 spiro atoms. The number of likely N-dealkylation sites (tertiary alicyclic amines) is 2. The van der Waals surface area contributed by atoms with Crippen LogP contribution in [0.3, 0.4) is 0 Å². The van der Waals surface area contributed by atoms with Crippen LogP contribution in [0, 0.1) is 5.41 Å². The van der Waals surface area contributed by atoms with E-state index in [1.54, 1.807) is 4.90 Å². The second-order valence-corrected chi connectivity index (χ2v) is 6.91. The Morgan fingerprint density at radius 3 is 2.80 bits per heavy atom. The largest absolute Gasteiger partial charge is 0.395 e. The number of hydrogen-bond acceptors (Lipinski definition) is 7. The van der Waals surface area contributed by atoms with Gasteiger partial charge in [-0.15, -0.1) is 0 Å². The smallest absolute Gasteiger partial charge is 0.292 e. The predicted molar refractivity (Wildman–Crippen MR) is 87.5 cm³/mol. The summed E-state index contributed by atoms with van der Waals surface area (Å²) >= 11 is 0. The molecule has 2 amide bonds. The summed E-state index contributed by atoms with van der Waals surface area (Å²) in [4.78, 5) is 31.6. The summed E-state index contributed by atoms with van der Waals surface area (Å²) in [6.07, 6.45) is 3.49. The molecule has 0 radical (unpaired) electrons. The number of nitrogens with one attached hydrogen (secondary N) is 1. The van der Waals surface area contributed by atoms with Gasteiger partial charge in [0.2, 0.25) is 11.8 Å². The average Bonchev–Trinajstić information content (AvgIpc) is 3.09. The Morgan fingerprint density at radius 2 is 2.12 bits per heavy atom. The van der Waals surface area contributed by atoms with Crippen molar-refractivity contribution in [2.45, 2.75) is 32.2 Å². The molecule has 9 nitrogen and oxygen atoms in total. The number of amides is 2. The molecule has 0 aromatic carbocycles. The van der Waals surface area contributed by atoms with Gasteiger partial charge in [0.05, 0.1) is 13.2 Å². The Kier molecular flexibility index (Phi) is 5.33. The molecule has 3 rings (SSSR count). The third-order valence-corrected chi connectivity index (χ3v) is 5.29. The Bertz CT molecular complexity index is 624. The lowest BCUT2D eigenvalue weighted by atomic mass is 9.72. The fraction of sp³-hybridized carbons (Fsp3) is 0.750. The number of aliphatic hydroxyl groups is 1. The minimum Gasteiger partial charge on any atom is -0.395 e. The maximum Gasteiger partial charge on any atom is 0.292 e. The maximum atomic E-state index is 11.9. The summed E-state index contributed by atoms with van der Waals surface area (Å²) in [6, 6.07) is 0. The number of hydrogen-bond donors (Lipinski definition) is 2. The van der Waals surface area contributed by atoms with E-state index in [-0.39, 0.29) is 29.7 Å². The van der Waals surface area contributed by atoms with Crippen LogP contribution in [0.4, 0.5) is 0 Å². The number of rotatable bonds is 5. The van der Waals surface area contributed by atoms with E-state index in [2.05, 4.69) is 20.4 Å². The highest BCUT2D eigenvalue weighted by Crippen LogP contribution is 2.40. The lowest BCUT2D eigenvalue weighted by Crippen LogP contribution is -2.51. The number of aliphatic hydroxyl groups excluding tert-OH is 1. The summed E-state index contributed by atoms with van der Waals surface area (Å²) < 4.78 is 5.15. The molecule has 2 aliphatic rings. The van der Waals surface area contributed by atoms with Gasteiger partial charge in [-0.1, -0.05) is 5.16 Å². The highest BCUT2D eigenvalue weighted by molar-refractivity contribution is 5.89. The van der Waals surface area contributed by atoms with Crippen LogP contribution >= 0.6 is 0 Å². The standard InChI is InChI=1S/C16H25N5O4/c1-17-15(24)14-18-12(25-19-14)10-20-6-4-16(5-7-20)3-2-13(23)21(11-16)8-9-22/h22H,2-11H2,1H3,(H,17,24). The molecule has 138 valence electrons. The molecule has 9 heteroatoms. The first-order valence-electron chi connectivity index (χ1n) is 8.71. The number of piperidine rings is 2. The third-order valence-electron chi connectivity index (χ3n) is 5.29. The fourth-order valence-electron chi connectivity index (χ4n) is 3.73. The Morgan fingerprint density at radius 1 is 1.36 bits per heavy atom. The molecule has 0 unspecified atom stereocenters. The van der Waals surface area contributed by atoms with Crippen molar-refractivity contribution in [1.82, 2.24) is 25.3 Å². The van der Waals surface area contributed by atoms with Crippen molar-refractivity contribution in [2.24, 2.45) is 5.41 Å². The van der Waals surface area contributed by atoms with Crippen LogP contribution in [0.5, 0.6) is 0 Å². The Labute approximate surface area is 146 Å². The Hall–Kier alpha value is -2.00. The summed E-state index contributed by atoms with van der Waals surface area (Å²) in [7, 11) is 1.53. The first-order chi connectivity index (χ1) is 12.0. The van der Waals surface area contributed by atoms with Crippen molar-refractivity contribution in [1.29, 1.82) is 0 Å². The zero-order valence-corrected chi connectivity index (χ0v) is 14.5. The topological polar surface area (TPSA) is 112 Å². The second kappa shape index (κ2) is 7.49. The first kappa shape index (κ1) is 17.8.